The first-order valence-corrected chi connectivity index (χ1v) is 7.41. The monoisotopic (exact) mass is 275 g/mol. The molecule has 0 bridgehead atoms. The highest BCUT2D eigenvalue weighted by atomic mass is 32.1. The molecule has 0 amide bonds. The van der Waals surface area contributed by atoms with Crippen molar-refractivity contribution in [3.63, 3.8) is 0 Å². The Morgan fingerprint density at radius 1 is 1.26 bits per heavy atom. The number of aryl methyl sites for hydroxylation is 2. The molecule has 2 rings (SSSR count). The van der Waals surface area contributed by atoms with Crippen LogP contribution in [0, 0.1) is 13.8 Å². The van der Waals surface area contributed by atoms with E-state index < -0.39 is 0 Å². The maximum absolute atomic E-state index is 5.99. The molecule has 1 unspecified atom stereocenters. The van der Waals surface area contributed by atoms with Crippen LogP contribution in [0.4, 0.5) is 0 Å². The maximum atomic E-state index is 5.99. The lowest BCUT2D eigenvalue weighted by Gasteiger charge is -2.19. The van der Waals surface area contributed by atoms with Gasteiger partial charge < -0.3 is 10.5 Å². The van der Waals surface area contributed by atoms with Crippen LogP contribution in [0.2, 0.25) is 0 Å². The smallest absolute Gasteiger partial charge is 0.122 e. The van der Waals surface area contributed by atoms with Crippen LogP contribution in [0.15, 0.2) is 29.6 Å². The summed E-state index contributed by atoms with van der Waals surface area (Å²) in [7, 11) is 1.72. The first-order valence-electron chi connectivity index (χ1n) is 6.53. The summed E-state index contributed by atoms with van der Waals surface area (Å²) in [5, 5.41) is 2.14. The SMILES string of the molecule is COc1ccc(C)cc1C(CN)Cc1sccc1C. The van der Waals surface area contributed by atoms with Crippen LogP contribution in [0.1, 0.15) is 27.5 Å². The minimum atomic E-state index is 0.312. The van der Waals surface area contributed by atoms with Gasteiger partial charge in [-0.2, -0.15) is 0 Å². The first-order chi connectivity index (χ1) is 9.15. The van der Waals surface area contributed by atoms with Crippen molar-refractivity contribution in [2.45, 2.75) is 26.2 Å². The van der Waals surface area contributed by atoms with Gasteiger partial charge in [-0.05, 0) is 55.5 Å². The van der Waals surface area contributed by atoms with Gasteiger partial charge in [0.15, 0.2) is 0 Å². The standard InChI is InChI=1S/C16H21NOS/c1-11-4-5-15(18-3)14(8-11)13(10-17)9-16-12(2)6-7-19-16/h4-8,13H,9-10,17H2,1-3H3. The lowest BCUT2D eigenvalue weighted by atomic mass is 9.92. The highest BCUT2D eigenvalue weighted by Crippen LogP contribution is 2.31. The largest absolute Gasteiger partial charge is 0.496 e. The molecule has 0 spiro atoms. The lowest BCUT2D eigenvalue weighted by molar-refractivity contribution is 0.405. The minimum absolute atomic E-state index is 0.312. The molecule has 1 aromatic carbocycles. The lowest BCUT2D eigenvalue weighted by Crippen LogP contribution is -2.16. The Morgan fingerprint density at radius 2 is 2.05 bits per heavy atom. The minimum Gasteiger partial charge on any atom is -0.496 e. The van der Waals surface area contributed by atoms with E-state index in [0.717, 1.165) is 12.2 Å². The summed E-state index contributed by atoms with van der Waals surface area (Å²) in [5.41, 5.74) is 9.82. The van der Waals surface area contributed by atoms with Crippen molar-refractivity contribution >= 4 is 11.3 Å². The molecule has 0 aliphatic heterocycles. The molecule has 1 atom stereocenters. The van der Waals surface area contributed by atoms with Gasteiger partial charge in [0, 0.05) is 10.8 Å². The predicted molar refractivity (Wildman–Crippen MR) is 82.3 cm³/mol. The Kier molecular flexibility index (Phi) is 4.61. The fraction of sp³-hybridized carbons (Fsp3) is 0.375. The molecule has 0 saturated carbocycles. The molecule has 0 aliphatic rings. The molecule has 0 saturated heterocycles. The molecule has 0 fully saturated rings. The normalized spacial score (nSPS) is 12.4. The zero-order valence-electron chi connectivity index (χ0n) is 11.8. The molecule has 1 aromatic heterocycles. The van der Waals surface area contributed by atoms with Gasteiger partial charge in [-0.1, -0.05) is 17.7 Å². The fourth-order valence-electron chi connectivity index (χ4n) is 2.33. The van der Waals surface area contributed by atoms with E-state index in [2.05, 4.69) is 37.4 Å². The topological polar surface area (TPSA) is 35.2 Å². The zero-order chi connectivity index (χ0) is 13.8. The number of hydrogen-bond donors (Lipinski definition) is 1. The molecule has 102 valence electrons. The Hall–Kier alpha value is -1.32. The van der Waals surface area contributed by atoms with Crippen molar-refractivity contribution in [2.75, 3.05) is 13.7 Å². The van der Waals surface area contributed by atoms with Crippen molar-refractivity contribution in [3.05, 3.63) is 51.2 Å². The van der Waals surface area contributed by atoms with Gasteiger partial charge in [-0.25, -0.2) is 0 Å². The van der Waals surface area contributed by atoms with Crippen molar-refractivity contribution in [2.24, 2.45) is 5.73 Å². The van der Waals surface area contributed by atoms with E-state index in [-0.39, 0.29) is 0 Å². The molecule has 1 heterocycles. The maximum Gasteiger partial charge on any atom is 0.122 e. The zero-order valence-corrected chi connectivity index (χ0v) is 12.6. The third-order valence-corrected chi connectivity index (χ3v) is 4.55. The third-order valence-electron chi connectivity index (χ3n) is 3.51. The molecule has 0 aliphatic carbocycles. The Bertz CT molecular complexity index is 547. The highest BCUT2D eigenvalue weighted by molar-refractivity contribution is 7.10. The molecule has 2 N–H and O–H groups in total. The van der Waals surface area contributed by atoms with Crippen LogP contribution in [-0.2, 0) is 6.42 Å². The van der Waals surface area contributed by atoms with Gasteiger partial charge in [0.05, 0.1) is 7.11 Å². The number of rotatable bonds is 5. The Balaban J connectivity index is 2.31. The number of nitrogens with two attached hydrogens (primary N) is 1. The summed E-state index contributed by atoms with van der Waals surface area (Å²) in [6.45, 7) is 4.90. The summed E-state index contributed by atoms with van der Waals surface area (Å²) in [4.78, 5) is 1.42. The molecule has 2 nitrogen and oxygen atoms in total. The average Bonchev–Trinajstić information content (AvgIpc) is 2.81. The number of thiophene rings is 1. The van der Waals surface area contributed by atoms with Gasteiger partial charge in [-0.3, -0.25) is 0 Å². The fourth-order valence-corrected chi connectivity index (χ4v) is 3.32. The van der Waals surface area contributed by atoms with Crippen molar-refractivity contribution in [1.29, 1.82) is 0 Å². The average molecular weight is 275 g/mol. The second-order valence-corrected chi connectivity index (χ2v) is 5.91. The van der Waals surface area contributed by atoms with Crippen LogP contribution in [0.3, 0.4) is 0 Å². The van der Waals surface area contributed by atoms with Gasteiger partial charge in [0.2, 0.25) is 0 Å². The second kappa shape index (κ2) is 6.22. The van der Waals surface area contributed by atoms with Crippen LogP contribution in [-0.4, -0.2) is 13.7 Å². The van der Waals surface area contributed by atoms with E-state index >= 15 is 0 Å². The molecule has 19 heavy (non-hydrogen) atoms. The summed E-state index contributed by atoms with van der Waals surface area (Å²) in [6, 6.07) is 8.47. The quantitative estimate of drug-likeness (QED) is 0.904. The van der Waals surface area contributed by atoms with Crippen LogP contribution in [0.5, 0.6) is 5.75 Å². The first kappa shape index (κ1) is 14.1. The predicted octanol–water partition coefficient (Wildman–Crippen LogP) is 3.66. The van der Waals surface area contributed by atoms with E-state index in [0.29, 0.717) is 12.5 Å². The second-order valence-electron chi connectivity index (χ2n) is 4.91. The highest BCUT2D eigenvalue weighted by Gasteiger charge is 2.17. The van der Waals surface area contributed by atoms with Crippen molar-refractivity contribution in [1.82, 2.24) is 0 Å². The number of ether oxygens (including phenoxy) is 1. The Labute approximate surface area is 119 Å². The molecule has 0 radical (unpaired) electrons. The number of methoxy groups -OCH3 is 1. The number of benzene rings is 1. The molecular weight excluding hydrogens is 254 g/mol. The van der Waals surface area contributed by atoms with Gasteiger partial charge in [-0.15, -0.1) is 11.3 Å². The van der Waals surface area contributed by atoms with Crippen molar-refractivity contribution < 1.29 is 4.74 Å². The molecular formula is C16H21NOS. The molecule has 3 heteroatoms. The van der Waals surface area contributed by atoms with Crippen LogP contribution in [0.25, 0.3) is 0 Å². The summed E-state index contributed by atoms with van der Waals surface area (Å²) in [6.07, 6.45) is 0.986. The van der Waals surface area contributed by atoms with Gasteiger partial charge in [0.25, 0.3) is 0 Å². The number of hydrogen-bond acceptors (Lipinski definition) is 3. The van der Waals surface area contributed by atoms with E-state index in [9.17, 15) is 0 Å². The molecule has 2 aromatic rings. The van der Waals surface area contributed by atoms with E-state index in [4.69, 9.17) is 10.5 Å². The summed E-state index contributed by atoms with van der Waals surface area (Å²) < 4.78 is 5.48. The van der Waals surface area contributed by atoms with Crippen LogP contribution >= 0.6 is 11.3 Å². The van der Waals surface area contributed by atoms with E-state index in [1.807, 2.05) is 17.4 Å². The van der Waals surface area contributed by atoms with E-state index in [1.54, 1.807) is 7.11 Å². The van der Waals surface area contributed by atoms with Crippen molar-refractivity contribution in [3.8, 4) is 5.75 Å². The third kappa shape index (κ3) is 3.17. The van der Waals surface area contributed by atoms with E-state index in [1.165, 1.54) is 21.6 Å². The Morgan fingerprint density at radius 3 is 2.63 bits per heavy atom. The summed E-state index contributed by atoms with van der Waals surface area (Å²) in [5.74, 6) is 1.25. The van der Waals surface area contributed by atoms with Crippen LogP contribution < -0.4 is 10.5 Å². The van der Waals surface area contributed by atoms with Gasteiger partial charge >= 0.3 is 0 Å². The van der Waals surface area contributed by atoms with Gasteiger partial charge in [0.1, 0.15) is 5.75 Å². The summed E-state index contributed by atoms with van der Waals surface area (Å²) >= 11 is 1.81.